The quantitative estimate of drug-likeness (QED) is 0.665. The van der Waals surface area contributed by atoms with Crippen LogP contribution in [0, 0.1) is 22.9 Å². The fourth-order valence-electron chi connectivity index (χ4n) is 1.72. The molecule has 0 spiro atoms. The van der Waals surface area contributed by atoms with E-state index in [2.05, 4.69) is 10.3 Å². The molecule has 1 heterocycles. The van der Waals surface area contributed by atoms with Crippen LogP contribution in [0.2, 0.25) is 0 Å². The molecule has 0 atom stereocenters. The van der Waals surface area contributed by atoms with Gasteiger partial charge in [-0.3, -0.25) is 19.9 Å². The molecule has 0 saturated carbocycles. The summed E-state index contributed by atoms with van der Waals surface area (Å²) >= 11 is 0. The zero-order chi connectivity index (χ0) is 15.6. The summed E-state index contributed by atoms with van der Waals surface area (Å²) in [6.45, 7) is 1.72. The number of nitrogens with one attached hydrogen (secondary N) is 1. The zero-order valence-electron chi connectivity index (χ0n) is 11.0. The van der Waals surface area contributed by atoms with Crippen molar-refractivity contribution in [3.05, 3.63) is 57.7 Å². The molecule has 1 amide bonds. The number of carbonyl (C=O) groups excluding carboxylic acids is 1. The summed E-state index contributed by atoms with van der Waals surface area (Å²) < 4.78 is 13.3. The van der Waals surface area contributed by atoms with Crippen LogP contribution in [0.1, 0.15) is 16.1 Å². The SMILES string of the molecule is Cc1cc(N)c(C(=O)Nc2cc(F)cc([N+](=O)[O-])c2)cn1. The van der Waals surface area contributed by atoms with Crippen molar-refractivity contribution in [3.63, 3.8) is 0 Å². The predicted molar refractivity (Wildman–Crippen MR) is 74.4 cm³/mol. The lowest BCUT2D eigenvalue weighted by atomic mass is 10.2. The number of halogens is 1. The van der Waals surface area contributed by atoms with E-state index in [1.165, 1.54) is 12.3 Å². The van der Waals surface area contributed by atoms with Crippen LogP contribution < -0.4 is 11.1 Å². The highest BCUT2D eigenvalue weighted by molar-refractivity contribution is 6.07. The van der Waals surface area contributed by atoms with Crippen LogP contribution in [-0.4, -0.2) is 15.8 Å². The molecule has 0 saturated heterocycles. The smallest absolute Gasteiger partial charge is 0.274 e. The summed E-state index contributed by atoms with van der Waals surface area (Å²) in [5.41, 5.74) is 6.17. The lowest BCUT2D eigenvalue weighted by Crippen LogP contribution is -2.15. The number of nitrogens with zero attached hydrogens (tertiary/aromatic N) is 2. The van der Waals surface area contributed by atoms with E-state index in [4.69, 9.17) is 5.73 Å². The Kier molecular flexibility index (Phi) is 3.79. The van der Waals surface area contributed by atoms with Gasteiger partial charge in [0, 0.05) is 23.6 Å². The van der Waals surface area contributed by atoms with E-state index >= 15 is 0 Å². The molecule has 2 aromatic rings. The van der Waals surface area contributed by atoms with Gasteiger partial charge in [-0.05, 0) is 19.1 Å². The second-order valence-electron chi connectivity index (χ2n) is 4.32. The standard InChI is InChI=1S/C13H11FN4O3/c1-7-2-12(15)11(6-16-7)13(19)17-9-3-8(14)4-10(5-9)18(20)21/h2-6H,1H3,(H2,15,16)(H,17,19). The number of non-ortho nitro benzene ring substituents is 1. The number of amides is 1. The Morgan fingerprint density at radius 1 is 1.38 bits per heavy atom. The average molecular weight is 290 g/mol. The Labute approximate surface area is 118 Å². The molecule has 0 unspecified atom stereocenters. The highest BCUT2D eigenvalue weighted by atomic mass is 19.1. The number of aromatic nitrogens is 1. The molecule has 0 aliphatic rings. The third kappa shape index (κ3) is 3.30. The number of benzene rings is 1. The molecular formula is C13H11FN4O3. The first kappa shape index (κ1) is 14.4. The van der Waals surface area contributed by atoms with Crippen LogP contribution in [0.5, 0.6) is 0 Å². The Morgan fingerprint density at radius 3 is 2.71 bits per heavy atom. The minimum Gasteiger partial charge on any atom is -0.398 e. The van der Waals surface area contributed by atoms with Crippen LogP contribution in [0.25, 0.3) is 0 Å². The molecule has 0 fully saturated rings. The van der Waals surface area contributed by atoms with Gasteiger partial charge in [0.05, 0.1) is 22.2 Å². The molecule has 2 rings (SSSR count). The molecule has 7 nitrogen and oxygen atoms in total. The molecule has 0 aliphatic heterocycles. The van der Waals surface area contributed by atoms with E-state index in [9.17, 15) is 19.3 Å². The molecule has 8 heteroatoms. The normalized spacial score (nSPS) is 10.2. The first-order valence-corrected chi connectivity index (χ1v) is 5.85. The van der Waals surface area contributed by atoms with E-state index < -0.39 is 22.3 Å². The molecule has 1 aromatic carbocycles. The Balaban J connectivity index is 2.29. The lowest BCUT2D eigenvalue weighted by molar-refractivity contribution is -0.385. The van der Waals surface area contributed by atoms with Crippen molar-refractivity contribution in [1.82, 2.24) is 4.98 Å². The van der Waals surface area contributed by atoms with Crippen LogP contribution >= 0.6 is 0 Å². The number of hydrogen-bond donors (Lipinski definition) is 2. The van der Waals surface area contributed by atoms with E-state index in [-0.39, 0.29) is 16.9 Å². The van der Waals surface area contributed by atoms with Gasteiger partial charge in [0.1, 0.15) is 5.82 Å². The largest absolute Gasteiger partial charge is 0.398 e. The fourth-order valence-corrected chi connectivity index (χ4v) is 1.72. The Bertz CT molecular complexity index is 733. The molecule has 0 bridgehead atoms. The van der Waals surface area contributed by atoms with Crippen LogP contribution in [0.15, 0.2) is 30.5 Å². The van der Waals surface area contributed by atoms with Crippen molar-refractivity contribution in [2.75, 3.05) is 11.1 Å². The van der Waals surface area contributed by atoms with Gasteiger partial charge in [-0.15, -0.1) is 0 Å². The number of anilines is 2. The minimum atomic E-state index is -0.825. The molecule has 0 aliphatic carbocycles. The van der Waals surface area contributed by atoms with Gasteiger partial charge in [0.2, 0.25) is 0 Å². The van der Waals surface area contributed by atoms with Gasteiger partial charge in [-0.2, -0.15) is 0 Å². The van der Waals surface area contributed by atoms with Gasteiger partial charge in [-0.25, -0.2) is 4.39 Å². The molecule has 1 aromatic heterocycles. The Morgan fingerprint density at radius 2 is 2.10 bits per heavy atom. The second-order valence-corrected chi connectivity index (χ2v) is 4.32. The summed E-state index contributed by atoms with van der Waals surface area (Å²) in [6.07, 6.45) is 1.29. The average Bonchev–Trinajstić information content (AvgIpc) is 2.37. The highest BCUT2D eigenvalue weighted by Gasteiger charge is 2.14. The molecule has 108 valence electrons. The summed E-state index contributed by atoms with van der Waals surface area (Å²) in [4.78, 5) is 25.9. The monoisotopic (exact) mass is 290 g/mol. The summed E-state index contributed by atoms with van der Waals surface area (Å²) in [7, 11) is 0. The number of pyridine rings is 1. The van der Waals surface area contributed by atoms with Crippen LogP contribution in [0.3, 0.4) is 0 Å². The van der Waals surface area contributed by atoms with Crippen molar-refractivity contribution in [1.29, 1.82) is 0 Å². The maximum atomic E-state index is 13.3. The third-order valence-electron chi connectivity index (χ3n) is 2.67. The summed E-state index contributed by atoms with van der Waals surface area (Å²) in [5.74, 6) is -1.45. The number of rotatable bonds is 3. The second kappa shape index (κ2) is 5.53. The fraction of sp³-hybridized carbons (Fsp3) is 0.0769. The van der Waals surface area contributed by atoms with Gasteiger partial charge in [0.15, 0.2) is 0 Å². The minimum absolute atomic E-state index is 0.0355. The van der Waals surface area contributed by atoms with E-state index in [0.29, 0.717) is 5.69 Å². The van der Waals surface area contributed by atoms with Crippen molar-refractivity contribution in [2.45, 2.75) is 6.92 Å². The predicted octanol–water partition coefficient (Wildman–Crippen LogP) is 2.27. The summed E-state index contributed by atoms with van der Waals surface area (Å²) in [6, 6.07) is 4.31. The van der Waals surface area contributed by atoms with Crippen molar-refractivity contribution in [3.8, 4) is 0 Å². The molecular weight excluding hydrogens is 279 g/mol. The Hall–Kier alpha value is -3.03. The maximum Gasteiger partial charge on any atom is 0.274 e. The number of carbonyl (C=O) groups is 1. The van der Waals surface area contributed by atoms with Crippen LogP contribution in [-0.2, 0) is 0 Å². The van der Waals surface area contributed by atoms with Gasteiger partial charge < -0.3 is 11.1 Å². The number of aryl methyl sites for hydroxylation is 1. The number of hydrogen-bond acceptors (Lipinski definition) is 5. The van der Waals surface area contributed by atoms with Crippen molar-refractivity contribution in [2.24, 2.45) is 0 Å². The molecule has 0 radical (unpaired) electrons. The van der Waals surface area contributed by atoms with Gasteiger partial charge >= 0.3 is 0 Å². The molecule has 3 N–H and O–H groups in total. The first-order valence-electron chi connectivity index (χ1n) is 5.85. The number of nitro benzene ring substituents is 1. The number of nitro groups is 1. The van der Waals surface area contributed by atoms with E-state index in [1.807, 2.05) is 0 Å². The van der Waals surface area contributed by atoms with E-state index in [0.717, 1.165) is 18.2 Å². The molecule has 21 heavy (non-hydrogen) atoms. The zero-order valence-corrected chi connectivity index (χ0v) is 11.0. The van der Waals surface area contributed by atoms with Crippen LogP contribution in [0.4, 0.5) is 21.5 Å². The summed E-state index contributed by atoms with van der Waals surface area (Å²) in [5, 5.41) is 13.0. The van der Waals surface area contributed by atoms with Crippen molar-refractivity contribution >= 4 is 23.0 Å². The van der Waals surface area contributed by atoms with Gasteiger partial charge in [0.25, 0.3) is 11.6 Å². The van der Waals surface area contributed by atoms with Gasteiger partial charge in [-0.1, -0.05) is 0 Å². The number of nitrogens with two attached hydrogens (primary N) is 1. The number of nitrogen functional groups attached to an aromatic ring is 1. The topological polar surface area (TPSA) is 111 Å². The third-order valence-corrected chi connectivity index (χ3v) is 2.67. The maximum absolute atomic E-state index is 13.3. The first-order chi connectivity index (χ1) is 9.86. The lowest BCUT2D eigenvalue weighted by Gasteiger charge is -2.08. The van der Waals surface area contributed by atoms with E-state index in [1.54, 1.807) is 6.92 Å². The van der Waals surface area contributed by atoms with Crippen molar-refractivity contribution < 1.29 is 14.1 Å². The highest BCUT2D eigenvalue weighted by Crippen LogP contribution is 2.21.